The van der Waals surface area contributed by atoms with E-state index in [9.17, 15) is 45.3 Å². The summed E-state index contributed by atoms with van der Waals surface area (Å²) >= 11 is 0. The number of benzene rings is 2. The van der Waals surface area contributed by atoms with Crippen LogP contribution in [-0.2, 0) is 11.2 Å². The number of hydrogen-bond acceptors (Lipinski definition) is 9. The number of hydrogen-bond donors (Lipinski definition) is 7. The highest BCUT2D eigenvalue weighted by molar-refractivity contribution is 6.10. The second-order valence-electron chi connectivity index (χ2n) is 7.73. The number of aliphatic hydroxyl groups is 4. The van der Waals surface area contributed by atoms with Gasteiger partial charge >= 0.3 is 0 Å². The molecule has 3 aliphatic carbocycles. The highest BCUT2D eigenvalue weighted by Crippen LogP contribution is 2.63. The molecule has 29 heavy (non-hydrogen) atoms. The monoisotopic (exact) mass is 400 g/mol. The average molecular weight is 400 g/mol. The molecule has 0 unspecified atom stereocenters. The van der Waals surface area contributed by atoms with E-state index >= 15 is 0 Å². The molecule has 0 spiro atoms. The van der Waals surface area contributed by atoms with E-state index in [1.165, 1.54) is 6.07 Å². The molecule has 0 radical (unpaired) electrons. The summed E-state index contributed by atoms with van der Waals surface area (Å²) < 4.78 is 0. The van der Waals surface area contributed by atoms with Gasteiger partial charge in [0.2, 0.25) is 0 Å². The smallest absolute Gasteiger partial charge is 0.198 e. The first-order chi connectivity index (χ1) is 13.6. The summed E-state index contributed by atoms with van der Waals surface area (Å²) in [6.45, 7) is 0. The molecule has 0 aliphatic heterocycles. The van der Waals surface area contributed by atoms with Gasteiger partial charge in [-0.25, -0.2) is 0 Å². The van der Waals surface area contributed by atoms with Crippen LogP contribution in [0.3, 0.4) is 0 Å². The highest BCUT2D eigenvalue weighted by Gasteiger charge is 2.67. The first-order valence-electron chi connectivity index (χ1n) is 8.90. The molecule has 4 atom stereocenters. The molecular formula is C20H16O9. The topological polar surface area (TPSA) is 176 Å². The van der Waals surface area contributed by atoms with Crippen LogP contribution < -0.4 is 0 Å². The van der Waals surface area contributed by atoms with E-state index in [1.54, 1.807) is 0 Å². The maximum Gasteiger partial charge on any atom is 0.198 e. The van der Waals surface area contributed by atoms with Crippen LogP contribution in [0.4, 0.5) is 0 Å². The van der Waals surface area contributed by atoms with Crippen molar-refractivity contribution in [3.63, 3.8) is 0 Å². The van der Waals surface area contributed by atoms with E-state index < -0.39 is 63.4 Å². The zero-order chi connectivity index (χ0) is 21.0. The van der Waals surface area contributed by atoms with E-state index in [0.717, 1.165) is 12.1 Å². The third-order valence-electron chi connectivity index (χ3n) is 6.41. The minimum Gasteiger partial charge on any atom is -0.507 e. The Morgan fingerprint density at radius 1 is 0.897 bits per heavy atom. The molecule has 0 fully saturated rings. The van der Waals surface area contributed by atoms with Crippen molar-refractivity contribution in [1.29, 1.82) is 0 Å². The maximum atomic E-state index is 12.6. The lowest BCUT2D eigenvalue weighted by atomic mass is 9.54. The van der Waals surface area contributed by atoms with Crippen LogP contribution in [0.15, 0.2) is 18.2 Å². The van der Waals surface area contributed by atoms with Crippen molar-refractivity contribution in [3.05, 3.63) is 40.5 Å². The normalized spacial score (nSPS) is 32.0. The summed E-state index contributed by atoms with van der Waals surface area (Å²) in [5.41, 5.74) is -6.33. The summed E-state index contributed by atoms with van der Waals surface area (Å²) in [5, 5.41) is 74.9. The molecule has 0 saturated carbocycles. The summed E-state index contributed by atoms with van der Waals surface area (Å²) in [6.07, 6.45) is -5.06. The van der Waals surface area contributed by atoms with Gasteiger partial charge in [0.05, 0.1) is 11.1 Å². The third kappa shape index (κ3) is 1.75. The lowest BCUT2D eigenvalue weighted by Crippen LogP contribution is -2.66. The van der Waals surface area contributed by atoms with Crippen LogP contribution in [-0.4, -0.2) is 59.5 Å². The standard InChI is InChI=1S/C20H16O9/c21-8-2-1-6-7-5-10(23)15(24)11-9(22)3-4-19(28,13(7)11)20(29)14(6)12(8)16(25)17(26)18(20)27/h1-2,5,17-18,21,23-24,26-29H,3-4H2/t17-,18-,19+,20-/m0/s1. The van der Waals surface area contributed by atoms with Gasteiger partial charge in [-0.05, 0) is 29.7 Å². The van der Waals surface area contributed by atoms with Crippen LogP contribution >= 0.6 is 0 Å². The molecule has 0 aromatic heterocycles. The van der Waals surface area contributed by atoms with Crippen molar-refractivity contribution in [2.45, 2.75) is 36.3 Å². The number of aromatic hydroxyl groups is 3. The predicted octanol–water partition coefficient (Wildman–Crippen LogP) is -0.246. The Balaban J connectivity index is 2.05. The molecular weight excluding hydrogens is 384 g/mol. The first kappa shape index (κ1) is 18.1. The number of fused-ring (bicyclic) bond motifs is 2. The minimum atomic E-state index is -2.67. The quantitative estimate of drug-likeness (QED) is 0.294. The van der Waals surface area contributed by atoms with Gasteiger partial charge in [0, 0.05) is 17.5 Å². The lowest BCUT2D eigenvalue weighted by molar-refractivity contribution is -0.238. The summed E-state index contributed by atoms with van der Waals surface area (Å²) in [7, 11) is 0. The molecule has 0 amide bonds. The van der Waals surface area contributed by atoms with Crippen molar-refractivity contribution in [2.24, 2.45) is 0 Å². The number of carbonyl (C=O) groups is 2. The van der Waals surface area contributed by atoms with Gasteiger partial charge in [-0.15, -0.1) is 0 Å². The average Bonchev–Trinajstić information content (AvgIpc) is 2.68. The number of ketones is 2. The molecule has 0 heterocycles. The van der Waals surface area contributed by atoms with E-state index in [2.05, 4.69) is 0 Å². The number of phenols is 3. The fourth-order valence-electron chi connectivity index (χ4n) is 5.08. The SMILES string of the molecule is O=C1CC[C@@]2(O)c3c(cc(O)c(O)c31)-c1ccc(O)c3c1[C@]2(O)[C@@H](O)[C@@H](O)C3=O. The van der Waals surface area contributed by atoms with Crippen LogP contribution in [0.1, 0.15) is 44.7 Å². The number of Topliss-reactive ketones (excluding diaryl/α,β-unsaturated/α-hetero) is 2. The minimum absolute atomic E-state index is 0.0585. The van der Waals surface area contributed by atoms with Gasteiger partial charge in [0.15, 0.2) is 28.7 Å². The summed E-state index contributed by atoms with van der Waals surface area (Å²) in [5.74, 6) is -3.63. The number of carbonyl (C=O) groups excluding carboxylic acids is 2. The Kier molecular flexibility index (Phi) is 3.20. The van der Waals surface area contributed by atoms with Gasteiger partial charge in [-0.1, -0.05) is 6.07 Å². The molecule has 3 aliphatic rings. The first-order valence-corrected chi connectivity index (χ1v) is 8.90. The van der Waals surface area contributed by atoms with Crippen molar-refractivity contribution >= 4 is 11.6 Å². The van der Waals surface area contributed by atoms with E-state index in [0.29, 0.717) is 0 Å². The van der Waals surface area contributed by atoms with Crippen molar-refractivity contribution in [1.82, 2.24) is 0 Å². The fraction of sp³-hybridized carbons (Fsp3) is 0.300. The predicted molar refractivity (Wildman–Crippen MR) is 94.6 cm³/mol. The van der Waals surface area contributed by atoms with Crippen LogP contribution in [0, 0.1) is 0 Å². The molecule has 5 rings (SSSR count). The highest BCUT2D eigenvalue weighted by atomic mass is 16.4. The Hall–Kier alpha value is -2.98. The van der Waals surface area contributed by atoms with E-state index in [4.69, 9.17) is 0 Å². The number of aliphatic hydroxyl groups excluding tert-OH is 2. The Morgan fingerprint density at radius 3 is 2.28 bits per heavy atom. The van der Waals surface area contributed by atoms with Gasteiger partial charge in [-0.3, -0.25) is 9.59 Å². The van der Waals surface area contributed by atoms with Crippen LogP contribution in [0.2, 0.25) is 0 Å². The Bertz CT molecular complexity index is 1150. The summed E-state index contributed by atoms with van der Waals surface area (Å²) in [4.78, 5) is 25.1. The zero-order valence-corrected chi connectivity index (χ0v) is 14.7. The molecule has 2 aromatic carbocycles. The zero-order valence-electron chi connectivity index (χ0n) is 14.7. The Labute approximate surface area is 162 Å². The molecule has 2 aromatic rings. The third-order valence-corrected chi connectivity index (χ3v) is 6.41. The van der Waals surface area contributed by atoms with Crippen molar-refractivity contribution < 1.29 is 45.3 Å². The molecule has 9 nitrogen and oxygen atoms in total. The summed E-state index contributed by atoms with van der Waals surface area (Å²) in [6, 6.07) is 3.50. The van der Waals surface area contributed by atoms with Crippen molar-refractivity contribution in [3.8, 4) is 28.4 Å². The molecule has 0 bridgehead atoms. The molecule has 7 N–H and O–H groups in total. The number of rotatable bonds is 0. The second-order valence-corrected chi connectivity index (χ2v) is 7.73. The Morgan fingerprint density at radius 2 is 1.59 bits per heavy atom. The van der Waals surface area contributed by atoms with Gasteiger partial charge in [0.25, 0.3) is 0 Å². The van der Waals surface area contributed by atoms with Gasteiger partial charge in [-0.2, -0.15) is 0 Å². The van der Waals surface area contributed by atoms with Crippen LogP contribution in [0.5, 0.6) is 17.2 Å². The van der Waals surface area contributed by atoms with Crippen LogP contribution in [0.25, 0.3) is 11.1 Å². The lowest BCUT2D eigenvalue weighted by Gasteiger charge is -2.55. The van der Waals surface area contributed by atoms with E-state index in [-0.39, 0.29) is 35.1 Å². The molecule has 150 valence electrons. The van der Waals surface area contributed by atoms with Gasteiger partial charge in [0.1, 0.15) is 23.6 Å². The molecule has 0 saturated heterocycles. The largest absolute Gasteiger partial charge is 0.507 e. The number of phenolic OH excluding ortho intramolecular Hbond substituents is 3. The molecule has 9 heteroatoms. The second kappa shape index (κ2) is 5.14. The van der Waals surface area contributed by atoms with E-state index in [1.807, 2.05) is 0 Å². The van der Waals surface area contributed by atoms with Gasteiger partial charge < -0.3 is 35.7 Å². The van der Waals surface area contributed by atoms with Crippen molar-refractivity contribution in [2.75, 3.05) is 0 Å². The maximum absolute atomic E-state index is 12.6. The fourth-order valence-corrected chi connectivity index (χ4v) is 5.08.